The van der Waals surface area contributed by atoms with Gasteiger partial charge in [0.05, 0.1) is 0 Å². The second-order valence-electron chi connectivity index (χ2n) is 18.7. The molecular formula is C56H50F6O10P2PdS2. The van der Waals surface area contributed by atoms with Gasteiger partial charge >= 0.3 is 31.3 Å². The number of rotatable bonds is 7. The molecular weight excluding hydrogens is 1180 g/mol. The van der Waals surface area contributed by atoms with E-state index in [9.17, 15) is 26.3 Å². The number of fused-ring (bicyclic) bond motifs is 4. The van der Waals surface area contributed by atoms with Crippen molar-refractivity contribution in [3.63, 3.8) is 0 Å². The number of halogens is 6. The van der Waals surface area contributed by atoms with Crippen LogP contribution in [0.5, 0.6) is 23.0 Å². The average molecular weight is 1230 g/mol. The molecule has 0 saturated carbocycles. The summed E-state index contributed by atoms with van der Waals surface area (Å²) < 4.78 is 140. The standard InChI is InChI=1S/C54H48O4P2.2CHF3O3S.Pd/c1-31-13-32(2)18-41(17-31)59(42-19-33(3)14-34(4)20-42)51-11-9-39-25-47-49(57-29-55-47)27-45(39)53(51)54-46-28-50-48(56-30-58-50)26-40(46)10-12-52(54)60(43-21-35(5)15-36(6)22-43)44-23-37(7)16-38(8)24-44;2*2-1(3,4)8(5,6)7;/h9-28H,29-30H2,1-8H3;2*(H,5,6,7);. The van der Waals surface area contributed by atoms with E-state index in [4.69, 9.17) is 44.9 Å². The molecule has 8 aromatic carbocycles. The molecule has 2 N–H and O–H groups in total. The molecule has 0 spiro atoms. The van der Waals surface area contributed by atoms with E-state index in [1.807, 2.05) is 0 Å². The van der Waals surface area contributed by atoms with Gasteiger partial charge in [-0.2, -0.15) is 43.2 Å². The van der Waals surface area contributed by atoms with Crippen molar-refractivity contribution in [1.29, 1.82) is 0 Å². The molecule has 8 aromatic rings. The largest absolute Gasteiger partial charge is 0.522 e. The Morgan fingerprint density at radius 1 is 0.390 bits per heavy atom. The molecule has 2 aliphatic rings. The Bertz CT molecular complexity index is 3400. The second kappa shape index (κ2) is 22.6. The van der Waals surface area contributed by atoms with Crippen LogP contribution in [-0.2, 0) is 40.7 Å². The van der Waals surface area contributed by atoms with Gasteiger partial charge in [0.1, 0.15) is 0 Å². The van der Waals surface area contributed by atoms with E-state index in [0.29, 0.717) is 0 Å². The third-order valence-electron chi connectivity index (χ3n) is 12.2. The smallest absolute Gasteiger partial charge is 0.454 e. The Morgan fingerprint density at radius 2 is 0.610 bits per heavy atom. The van der Waals surface area contributed by atoms with Crippen LogP contribution in [0.2, 0.25) is 0 Å². The van der Waals surface area contributed by atoms with Crippen molar-refractivity contribution in [2.24, 2.45) is 0 Å². The molecule has 0 fully saturated rings. The summed E-state index contributed by atoms with van der Waals surface area (Å²) in [7, 11) is -13.8. The van der Waals surface area contributed by atoms with Crippen molar-refractivity contribution in [2.75, 3.05) is 13.6 Å². The summed E-state index contributed by atoms with van der Waals surface area (Å²) in [5, 5.41) is 12.4. The van der Waals surface area contributed by atoms with Gasteiger partial charge in [0.25, 0.3) is 0 Å². The van der Waals surface area contributed by atoms with Crippen LogP contribution < -0.4 is 50.8 Å². The van der Waals surface area contributed by atoms with Gasteiger partial charge in [-0.05, 0) is 160 Å². The molecule has 77 heavy (non-hydrogen) atoms. The van der Waals surface area contributed by atoms with Crippen LogP contribution in [0, 0.1) is 55.4 Å². The maximum absolute atomic E-state index is 10.7. The van der Waals surface area contributed by atoms with Crippen LogP contribution in [-0.4, -0.2) is 50.5 Å². The molecule has 10 nitrogen and oxygen atoms in total. The zero-order valence-corrected chi connectivity index (χ0v) is 47.4. The molecule has 21 heteroatoms. The molecule has 0 aromatic heterocycles. The maximum atomic E-state index is 10.7. The average Bonchev–Trinajstić information content (AvgIpc) is 4.01. The van der Waals surface area contributed by atoms with Crippen LogP contribution in [0.25, 0.3) is 32.7 Å². The molecule has 0 aliphatic carbocycles. The first kappa shape index (κ1) is 59.1. The molecule has 10 rings (SSSR count). The Kier molecular flexibility index (Phi) is 17.4. The quantitative estimate of drug-likeness (QED) is 0.0520. The zero-order chi connectivity index (χ0) is 55.4. The predicted octanol–water partition coefficient (Wildman–Crippen LogP) is 11.9. The molecule has 0 amide bonds. The molecule has 2 heterocycles. The van der Waals surface area contributed by atoms with E-state index >= 15 is 0 Å². The molecule has 2 aliphatic heterocycles. The Labute approximate surface area is 458 Å². The Hall–Kier alpha value is -5.60. The minimum atomic E-state index is -5.84. The minimum Gasteiger partial charge on any atom is -0.454 e. The van der Waals surface area contributed by atoms with E-state index < -0.39 is 47.1 Å². The Morgan fingerprint density at radius 3 is 0.831 bits per heavy atom. The third-order valence-corrected chi connectivity index (χ3v) is 18.1. The molecule has 0 bridgehead atoms. The van der Waals surface area contributed by atoms with Crippen molar-refractivity contribution in [2.45, 2.75) is 66.4 Å². The SMILES string of the molecule is Cc1cc(C)cc(P(c2cc(C)cc(C)c2)c2ccc3cc4c(cc3c2-c2c(P(c3cc(C)cc(C)c3)c3cc(C)cc(C)c3)ccc3cc5c(cc23)OCO5)OCO4)c1.O=S(=O)(O)C(F)(F)F.O=S(=O)(O)C(F)(F)F.[Pd]. The number of alkyl halides is 6. The fourth-order valence-electron chi connectivity index (χ4n) is 9.48. The van der Waals surface area contributed by atoms with Crippen molar-refractivity contribution in [3.05, 3.63) is 166 Å². The van der Waals surface area contributed by atoms with E-state index in [-0.39, 0.29) is 34.0 Å². The molecule has 408 valence electrons. The number of hydrogen-bond donors (Lipinski definition) is 2. The third kappa shape index (κ3) is 13.1. The van der Waals surface area contributed by atoms with Gasteiger partial charge in [-0.3, -0.25) is 9.11 Å². The van der Waals surface area contributed by atoms with Crippen molar-refractivity contribution >= 4 is 89.5 Å². The summed E-state index contributed by atoms with van der Waals surface area (Å²) in [6.45, 7) is 18.2. The first-order valence-corrected chi connectivity index (χ1v) is 28.8. The van der Waals surface area contributed by atoms with Crippen LogP contribution in [0.1, 0.15) is 44.5 Å². The first-order chi connectivity index (χ1) is 35.4. The van der Waals surface area contributed by atoms with Gasteiger partial charge in [0, 0.05) is 20.4 Å². The molecule has 0 atom stereocenters. The second-order valence-corrected chi connectivity index (χ2v) is 25.9. The number of ether oxygens (including phenoxy) is 4. The molecule has 0 unspecified atom stereocenters. The number of aryl methyl sites for hydroxylation is 8. The topological polar surface area (TPSA) is 146 Å². The normalized spacial score (nSPS) is 13.1. The minimum absolute atomic E-state index is 0. The number of hydrogen-bond acceptors (Lipinski definition) is 8. The summed E-state index contributed by atoms with van der Waals surface area (Å²) in [5.74, 6) is 3.10. The summed E-state index contributed by atoms with van der Waals surface area (Å²) >= 11 is 0. The van der Waals surface area contributed by atoms with Crippen LogP contribution in [0.15, 0.2) is 121 Å². The monoisotopic (exact) mass is 1230 g/mol. The summed E-state index contributed by atoms with van der Waals surface area (Å²) in [6, 6.07) is 46.6. The van der Waals surface area contributed by atoms with Gasteiger partial charge in [-0.15, -0.1) is 0 Å². The van der Waals surface area contributed by atoms with E-state index in [2.05, 4.69) is 177 Å². The van der Waals surface area contributed by atoms with Crippen molar-refractivity contribution in [3.8, 4) is 34.1 Å². The Balaban J connectivity index is 0.000000442. The zero-order valence-electron chi connectivity index (χ0n) is 42.4. The van der Waals surface area contributed by atoms with E-state index in [1.54, 1.807) is 0 Å². The van der Waals surface area contributed by atoms with Crippen LogP contribution in [0.3, 0.4) is 0 Å². The van der Waals surface area contributed by atoms with Gasteiger partial charge < -0.3 is 18.9 Å². The van der Waals surface area contributed by atoms with Gasteiger partial charge in [-0.25, -0.2) is 0 Å². The summed E-state index contributed by atoms with van der Waals surface area (Å²) in [6.07, 6.45) is 0. The van der Waals surface area contributed by atoms with Crippen LogP contribution in [0.4, 0.5) is 26.3 Å². The van der Waals surface area contributed by atoms with Crippen molar-refractivity contribution in [1.82, 2.24) is 0 Å². The van der Waals surface area contributed by atoms with Crippen LogP contribution >= 0.6 is 15.8 Å². The predicted molar refractivity (Wildman–Crippen MR) is 290 cm³/mol. The maximum Gasteiger partial charge on any atom is 0.522 e. The fraction of sp³-hybridized carbons (Fsp3) is 0.214. The van der Waals surface area contributed by atoms with E-state index in [0.717, 1.165) is 44.5 Å². The molecule has 0 saturated heterocycles. The van der Waals surface area contributed by atoms with Gasteiger partial charge in [-0.1, -0.05) is 142 Å². The van der Waals surface area contributed by atoms with Gasteiger partial charge in [0.2, 0.25) is 13.6 Å². The number of benzene rings is 8. The fourth-order valence-corrected chi connectivity index (χ4v) is 15.2. The van der Waals surface area contributed by atoms with E-state index in [1.165, 1.54) is 87.5 Å². The summed E-state index contributed by atoms with van der Waals surface area (Å²) in [4.78, 5) is 0. The first-order valence-electron chi connectivity index (χ1n) is 23.2. The van der Waals surface area contributed by atoms with Gasteiger partial charge in [0.15, 0.2) is 23.0 Å². The molecule has 0 radical (unpaired) electrons. The summed E-state index contributed by atoms with van der Waals surface area (Å²) in [5.41, 5.74) is 1.47. The van der Waals surface area contributed by atoms with Crippen molar-refractivity contribution < 1.29 is 91.7 Å².